The summed E-state index contributed by atoms with van der Waals surface area (Å²) >= 11 is 5.92. The topological polar surface area (TPSA) is 4.93 Å². The third kappa shape index (κ3) is 2.27. The monoisotopic (exact) mass is 465 g/mol. The van der Waals surface area contributed by atoms with Gasteiger partial charge in [-0.2, -0.15) is 0 Å². The second-order valence-electron chi connectivity index (χ2n) is 8.73. The molecular formula is C28H19NS3. The first kappa shape index (κ1) is 17.8. The summed E-state index contributed by atoms with van der Waals surface area (Å²) < 4.78 is 5.32. The molecular weight excluding hydrogens is 447 g/mol. The van der Waals surface area contributed by atoms with Crippen molar-refractivity contribution in [1.82, 2.24) is 4.57 Å². The van der Waals surface area contributed by atoms with Gasteiger partial charge in [0.05, 0.1) is 0 Å². The standard InChI is InChI=1S/C28H19NS3/c1-4-10-21-17(7-1)20-15-16(13-14-24(20)30-21)29-27-25(18-8-2-5-11-22(18)31-27)26-19-9-3-6-12-23(19)32-28(26)29/h1-4,7-10,13-15H,5-6,11-12H2. The van der Waals surface area contributed by atoms with Gasteiger partial charge in [0, 0.05) is 46.4 Å². The van der Waals surface area contributed by atoms with E-state index in [9.17, 15) is 0 Å². The van der Waals surface area contributed by atoms with Crippen molar-refractivity contribution >= 4 is 86.8 Å². The first-order valence-electron chi connectivity index (χ1n) is 11.2. The van der Waals surface area contributed by atoms with Crippen molar-refractivity contribution in [2.45, 2.75) is 25.7 Å². The Morgan fingerprint density at radius 2 is 1.31 bits per heavy atom. The molecule has 0 unspecified atom stereocenters. The van der Waals surface area contributed by atoms with E-state index in [0.29, 0.717) is 0 Å². The lowest BCUT2D eigenvalue weighted by Crippen LogP contribution is -1.90. The first-order valence-corrected chi connectivity index (χ1v) is 13.7. The zero-order valence-corrected chi connectivity index (χ0v) is 19.8. The van der Waals surface area contributed by atoms with Gasteiger partial charge in [-0.05, 0) is 61.1 Å². The molecule has 0 atom stereocenters. The molecule has 1 nitrogen and oxygen atoms in total. The van der Waals surface area contributed by atoms with Crippen molar-refractivity contribution in [3.8, 4) is 5.69 Å². The van der Waals surface area contributed by atoms with Crippen LogP contribution in [0.15, 0.2) is 54.6 Å². The lowest BCUT2D eigenvalue weighted by Gasteiger charge is -2.06. The molecule has 6 aromatic rings. The van der Waals surface area contributed by atoms with Crippen LogP contribution in [0.2, 0.25) is 0 Å². The maximum Gasteiger partial charge on any atom is 0.110 e. The SMILES string of the molecule is C1=Cc2c(sc3c2c2c4c(sc2n3-c2ccc3sc5ccccc5c3c2)CCC=C4)CC1. The van der Waals surface area contributed by atoms with Crippen molar-refractivity contribution in [2.75, 3.05) is 0 Å². The van der Waals surface area contributed by atoms with Crippen LogP contribution in [-0.2, 0) is 12.8 Å². The van der Waals surface area contributed by atoms with E-state index in [0.717, 1.165) is 12.8 Å². The number of rotatable bonds is 1. The molecule has 0 N–H and O–H groups in total. The normalized spacial score (nSPS) is 15.4. The summed E-state index contributed by atoms with van der Waals surface area (Å²) in [4.78, 5) is 5.94. The minimum Gasteiger partial charge on any atom is -0.292 e. The molecule has 0 aliphatic heterocycles. The summed E-state index contributed by atoms with van der Waals surface area (Å²) in [5.41, 5.74) is 4.24. The van der Waals surface area contributed by atoms with Gasteiger partial charge in [-0.15, -0.1) is 34.0 Å². The van der Waals surface area contributed by atoms with E-state index in [1.807, 2.05) is 34.0 Å². The second-order valence-corrected chi connectivity index (χ2v) is 12.0. The summed E-state index contributed by atoms with van der Waals surface area (Å²) in [7, 11) is 0. The minimum atomic E-state index is 1.16. The van der Waals surface area contributed by atoms with Crippen molar-refractivity contribution < 1.29 is 0 Å². The molecule has 154 valence electrons. The molecule has 4 aromatic heterocycles. The molecule has 4 heterocycles. The highest BCUT2D eigenvalue weighted by atomic mass is 32.1. The summed E-state index contributed by atoms with van der Waals surface area (Å²) in [5, 5.41) is 5.71. The molecule has 8 rings (SSSR count). The van der Waals surface area contributed by atoms with Gasteiger partial charge >= 0.3 is 0 Å². The zero-order chi connectivity index (χ0) is 20.8. The number of allylic oxidation sites excluding steroid dienone is 2. The average Bonchev–Trinajstić information content (AvgIpc) is 3.55. The smallest absolute Gasteiger partial charge is 0.110 e. The van der Waals surface area contributed by atoms with Crippen LogP contribution in [0, 0.1) is 0 Å². The van der Waals surface area contributed by atoms with Crippen molar-refractivity contribution in [2.24, 2.45) is 0 Å². The zero-order valence-electron chi connectivity index (χ0n) is 17.4. The van der Waals surface area contributed by atoms with Gasteiger partial charge in [-0.25, -0.2) is 0 Å². The van der Waals surface area contributed by atoms with E-state index in [2.05, 4.69) is 71.3 Å². The second kappa shape index (κ2) is 6.44. The van der Waals surface area contributed by atoms with Gasteiger partial charge in [0.1, 0.15) is 9.66 Å². The highest BCUT2D eigenvalue weighted by Gasteiger charge is 2.26. The van der Waals surface area contributed by atoms with Gasteiger partial charge in [-0.3, -0.25) is 4.57 Å². The summed E-state index contributed by atoms with van der Waals surface area (Å²) in [5.74, 6) is 0. The summed E-state index contributed by atoms with van der Waals surface area (Å²) in [6, 6.07) is 15.9. The van der Waals surface area contributed by atoms with Crippen LogP contribution in [0.1, 0.15) is 33.7 Å². The van der Waals surface area contributed by atoms with Crippen LogP contribution in [-0.4, -0.2) is 4.57 Å². The predicted octanol–water partition coefficient (Wildman–Crippen LogP) is 9.19. The van der Waals surface area contributed by atoms with Crippen LogP contribution < -0.4 is 0 Å². The van der Waals surface area contributed by atoms with Gasteiger partial charge in [-0.1, -0.05) is 42.5 Å². The number of nitrogens with zero attached hydrogens (tertiary/aromatic N) is 1. The highest BCUT2D eigenvalue weighted by Crippen LogP contribution is 2.49. The first-order chi connectivity index (χ1) is 15.9. The van der Waals surface area contributed by atoms with Gasteiger partial charge in [0.2, 0.25) is 0 Å². The molecule has 0 fully saturated rings. The maximum absolute atomic E-state index is 2.57. The molecule has 2 aliphatic rings. The molecule has 0 bridgehead atoms. The van der Waals surface area contributed by atoms with Gasteiger partial charge in [0.25, 0.3) is 0 Å². The van der Waals surface area contributed by atoms with Gasteiger partial charge in [0.15, 0.2) is 0 Å². The summed E-state index contributed by atoms with van der Waals surface area (Å²) in [6.07, 6.45) is 14.1. The number of fused-ring (bicyclic) bond motifs is 10. The Morgan fingerprint density at radius 1 is 0.656 bits per heavy atom. The number of thiophene rings is 3. The number of aromatic nitrogens is 1. The van der Waals surface area contributed by atoms with Crippen LogP contribution in [0.5, 0.6) is 0 Å². The minimum absolute atomic E-state index is 1.16. The third-order valence-electron chi connectivity index (χ3n) is 6.93. The fourth-order valence-corrected chi connectivity index (χ4v) is 9.30. The Bertz CT molecular complexity index is 1710. The van der Waals surface area contributed by atoms with E-state index in [1.165, 1.54) is 70.3 Å². The largest absolute Gasteiger partial charge is 0.292 e. The highest BCUT2D eigenvalue weighted by molar-refractivity contribution is 7.25. The van der Waals surface area contributed by atoms with E-state index in [1.54, 1.807) is 9.75 Å². The Labute approximate surface area is 197 Å². The van der Waals surface area contributed by atoms with E-state index < -0.39 is 0 Å². The van der Waals surface area contributed by atoms with E-state index >= 15 is 0 Å². The lowest BCUT2D eigenvalue weighted by molar-refractivity contribution is 1.01. The Kier molecular flexibility index (Phi) is 3.59. The van der Waals surface area contributed by atoms with Crippen LogP contribution in [0.3, 0.4) is 0 Å². The predicted molar refractivity (Wildman–Crippen MR) is 144 cm³/mol. The lowest BCUT2D eigenvalue weighted by atomic mass is 9.99. The average molecular weight is 466 g/mol. The quantitative estimate of drug-likeness (QED) is 0.228. The molecule has 32 heavy (non-hydrogen) atoms. The maximum atomic E-state index is 2.57. The van der Waals surface area contributed by atoms with Crippen LogP contribution in [0.25, 0.3) is 58.4 Å². The summed E-state index contributed by atoms with van der Waals surface area (Å²) in [6.45, 7) is 0. The molecule has 0 saturated carbocycles. The molecule has 4 heteroatoms. The Hall–Kier alpha value is -2.66. The van der Waals surface area contributed by atoms with Crippen LogP contribution in [0.4, 0.5) is 0 Å². The molecule has 0 saturated heterocycles. The van der Waals surface area contributed by atoms with E-state index in [-0.39, 0.29) is 0 Å². The van der Waals surface area contributed by atoms with Crippen molar-refractivity contribution in [3.05, 3.63) is 75.5 Å². The van der Waals surface area contributed by atoms with Crippen LogP contribution >= 0.6 is 34.0 Å². The molecule has 0 amide bonds. The van der Waals surface area contributed by atoms with Crippen molar-refractivity contribution in [3.63, 3.8) is 0 Å². The Balaban J connectivity index is 1.52. The van der Waals surface area contributed by atoms with Crippen molar-refractivity contribution in [1.29, 1.82) is 0 Å². The molecule has 0 radical (unpaired) electrons. The molecule has 2 aliphatic carbocycles. The number of hydrogen-bond acceptors (Lipinski definition) is 3. The van der Waals surface area contributed by atoms with Gasteiger partial charge < -0.3 is 0 Å². The van der Waals surface area contributed by atoms with E-state index in [4.69, 9.17) is 0 Å². The Morgan fingerprint density at radius 3 is 2.03 bits per heavy atom. The number of hydrogen-bond donors (Lipinski definition) is 0. The molecule has 0 spiro atoms. The fraction of sp³-hybridized carbons (Fsp3) is 0.143. The fourth-order valence-electron chi connectivity index (χ4n) is 5.49. The third-order valence-corrected chi connectivity index (χ3v) is 10.6. The number of aryl methyl sites for hydroxylation is 2. The molecule has 2 aromatic carbocycles. The number of benzene rings is 2.